The summed E-state index contributed by atoms with van der Waals surface area (Å²) in [5.74, 6) is 0. The van der Waals surface area contributed by atoms with E-state index in [1.807, 2.05) is 48.9 Å². The first kappa shape index (κ1) is 11.2. The summed E-state index contributed by atoms with van der Waals surface area (Å²) < 4.78 is 1.81. The number of rotatable bonds is 1. The minimum Gasteiger partial charge on any atom is -0.213 e. The van der Waals surface area contributed by atoms with E-state index in [1.165, 1.54) is 0 Å². The van der Waals surface area contributed by atoms with Gasteiger partial charge in [0.1, 0.15) is 5.52 Å². The number of fused-ring (bicyclic) bond motifs is 1. The van der Waals surface area contributed by atoms with Gasteiger partial charge in [-0.2, -0.15) is 0 Å². The van der Waals surface area contributed by atoms with E-state index in [4.69, 9.17) is 11.6 Å². The summed E-state index contributed by atoms with van der Waals surface area (Å²) in [6, 6.07) is 11.9. The summed E-state index contributed by atoms with van der Waals surface area (Å²) in [6.07, 6.45) is 0. The normalized spacial score (nSPS) is 11.1. The molecule has 2 aromatic carbocycles. The fraction of sp³-hybridized carbons (Fsp3) is 0.143. The Kier molecular flexibility index (Phi) is 2.56. The lowest BCUT2D eigenvalue weighted by Gasteiger charge is -2.08. The minimum absolute atomic E-state index is 0.754. The first-order chi connectivity index (χ1) is 8.66. The zero-order valence-electron chi connectivity index (χ0n) is 10.2. The molecule has 0 aliphatic rings. The summed E-state index contributed by atoms with van der Waals surface area (Å²) in [5.41, 5.74) is 5.06. The topological polar surface area (TPSA) is 30.7 Å². The molecule has 1 aromatic heterocycles. The fourth-order valence-electron chi connectivity index (χ4n) is 1.98. The predicted octanol–water partition coefficient (Wildman–Crippen LogP) is 3.69. The third-order valence-corrected chi connectivity index (χ3v) is 3.58. The van der Waals surface area contributed by atoms with Gasteiger partial charge in [0.15, 0.2) is 0 Å². The van der Waals surface area contributed by atoms with Crippen LogP contribution in [-0.2, 0) is 0 Å². The molecule has 0 atom stereocenters. The largest absolute Gasteiger partial charge is 0.213 e. The third kappa shape index (κ3) is 1.68. The molecule has 1 heterocycles. The number of aryl methyl sites for hydroxylation is 1. The predicted molar refractivity (Wildman–Crippen MR) is 73.3 cm³/mol. The van der Waals surface area contributed by atoms with Crippen LogP contribution < -0.4 is 0 Å². The van der Waals surface area contributed by atoms with E-state index in [1.54, 1.807) is 0 Å². The second kappa shape index (κ2) is 4.10. The quantitative estimate of drug-likeness (QED) is 0.666. The van der Waals surface area contributed by atoms with Gasteiger partial charge in [0, 0.05) is 5.02 Å². The van der Waals surface area contributed by atoms with Gasteiger partial charge in [-0.15, -0.1) is 5.10 Å². The zero-order chi connectivity index (χ0) is 12.7. The number of hydrogen-bond acceptors (Lipinski definition) is 2. The molecule has 3 rings (SSSR count). The lowest BCUT2D eigenvalue weighted by atomic mass is 10.1. The fourth-order valence-corrected chi connectivity index (χ4v) is 2.24. The van der Waals surface area contributed by atoms with E-state index in [-0.39, 0.29) is 0 Å². The van der Waals surface area contributed by atoms with Gasteiger partial charge in [-0.3, -0.25) is 0 Å². The van der Waals surface area contributed by atoms with Gasteiger partial charge in [0.05, 0.1) is 11.2 Å². The van der Waals surface area contributed by atoms with E-state index in [0.717, 1.165) is 32.9 Å². The van der Waals surface area contributed by atoms with E-state index in [0.29, 0.717) is 0 Å². The van der Waals surface area contributed by atoms with Crippen LogP contribution in [0.5, 0.6) is 0 Å². The average Bonchev–Trinajstić information content (AvgIpc) is 2.79. The molecule has 3 aromatic rings. The van der Waals surface area contributed by atoms with Crippen LogP contribution in [0.3, 0.4) is 0 Å². The molecule has 0 saturated carbocycles. The molecule has 0 bridgehead atoms. The maximum atomic E-state index is 6.23. The molecule has 4 heteroatoms. The van der Waals surface area contributed by atoms with Crippen LogP contribution in [0, 0.1) is 13.8 Å². The van der Waals surface area contributed by atoms with Gasteiger partial charge < -0.3 is 0 Å². The zero-order valence-corrected chi connectivity index (χ0v) is 10.9. The van der Waals surface area contributed by atoms with Crippen molar-refractivity contribution in [3.8, 4) is 5.69 Å². The molecular formula is C14H12ClN3. The Morgan fingerprint density at radius 2 is 1.89 bits per heavy atom. The highest BCUT2D eigenvalue weighted by Gasteiger charge is 2.08. The first-order valence-electron chi connectivity index (χ1n) is 5.74. The highest BCUT2D eigenvalue weighted by atomic mass is 35.5. The number of halogens is 1. The summed E-state index contributed by atoms with van der Waals surface area (Å²) in [4.78, 5) is 0. The molecule has 0 spiro atoms. The van der Waals surface area contributed by atoms with Crippen molar-refractivity contribution >= 4 is 22.6 Å². The molecular weight excluding hydrogens is 246 g/mol. The maximum absolute atomic E-state index is 6.23. The second-order valence-electron chi connectivity index (χ2n) is 4.36. The number of hydrogen-bond donors (Lipinski definition) is 0. The average molecular weight is 258 g/mol. The molecule has 0 saturated heterocycles. The van der Waals surface area contributed by atoms with Crippen molar-refractivity contribution in [2.75, 3.05) is 0 Å². The second-order valence-corrected chi connectivity index (χ2v) is 4.77. The van der Waals surface area contributed by atoms with E-state index in [2.05, 4.69) is 16.4 Å². The molecule has 0 unspecified atom stereocenters. The van der Waals surface area contributed by atoms with Crippen LogP contribution in [0.2, 0.25) is 5.02 Å². The van der Waals surface area contributed by atoms with Gasteiger partial charge >= 0.3 is 0 Å². The van der Waals surface area contributed by atoms with Crippen molar-refractivity contribution in [2.24, 2.45) is 0 Å². The SMILES string of the molecule is Cc1cc(-n2nnc3ccccc32)cc(Cl)c1C. The Morgan fingerprint density at radius 3 is 2.67 bits per heavy atom. The highest BCUT2D eigenvalue weighted by Crippen LogP contribution is 2.24. The van der Waals surface area contributed by atoms with Gasteiger partial charge in [-0.1, -0.05) is 28.9 Å². The van der Waals surface area contributed by atoms with Crippen LogP contribution >= 0.6 is 11.6 Å². The third-order valence-electron chi connectivity index (χ3n) is 3.19. The number of nitrogens with zero attached hydrogens (tertiary/aromatic N) is 3. The van der Waals surface area contributed by atoms with Crippen molar-refractivity contribution in [3.05, 3.63) is 52.5 Å². The summed E-state index contributed by atoms with van der Waals surface area (Å²) >= 11 is 6.23. The Labute approximate surface area is 110 Å². The maximum Gasteiger partial charge on any atom is 0.113 e. The monoisotopic (exact) mass is 257 g/mol. The number of para-hydroxylation sites is 1. The minimum atomic E-state index is 0.754. The highest BCUT2D eigenvalue weighted by molar-refractivity contribution is 6.31. The van der Waals surface area contributed by atoms with E-state index >= 15 is 0 Å². The van der Waals surface area contributed by atoms with Crippen molar-refractivity contribution in [3.63, 3.8) is 0 Å². The van der Waals surface area contributed by atoms with Crippen molar-refractivity contribution in [1.29, 1.82) is 0 Å². The molecule has 0 amide bonds. The molecule has 3 nitrogen and oxygen atoms in total. The molecule has 0 aliphatic carbocycles. The van der Waals surface area contributed by atoms with Crippen LogP contribution in [0.15, 0.2) is 36.4 Å². The summed E-state index contributed by atoms with van der Waals surface area (Å²) in [5, 5.41) is 9.09. The Bertz CT molecular complexity index is 708. The first-order valence-corrected chi connectivity index (χ1v) is 6.12. The van der Waals surface area contributed by atoms with Crippen LogP contribution in [0.4, 0.5) is 0 Å². The summed E-state index contributed by atoms with van der Waals surface area (Å²) in [7, 11) is 0. The van der Waals surface area contributed by atoms with E-state index < -0.39 is 0 Å². The van der Waals surface area contributed by atoms with Crippen molar-refractivity contribution in [1.82, 2.24) is 15.0 Å². The van der Waals surface area contributed by atoms with Gasteiger partial charge in [0.25, 0.3) is 0 Å². The lowest BCUT2D eigenvalue weighted by molar-refractivity contribution is 0.823. The standard InChI is InChI=1S/C14H12ClN3/c1-9-7-11(8-12(15)10(9)2)18-14-6-4-3-5-13(14)16-17-18/h3-8H,1-2H3. The molecule has 18 heavy (non-hydrogen) atoms. The Morgan fingerprint density at radius 1 is 1.11 bits per heavy atom. The molecule has 90 valence electrons. The number of aromatic nitrogens is 3. The van der Waals surface area contributed by atoms with Crippen molar-refractivity contribution < 1.29 is 0 Å². The van der Waals surface area contributed by atoms with Crippen LogP contribution in [-0.4, -0.2) is 15.0 Å². The summed E-state index contributed by atoms with van der Waals surface area (Å²) in [6.45, 7) is 4.06. The van der Waals surface area contributed by atoms with Crippen molar-refractivity contribution in [2.45, 2.75) is 13.8 Å². The molecule has 0 fully saturated rings. The van der Waals surface area contributed by atoms with Gasteiger partial charge in [-0.05, 0) is 49.2 Å². The Hall–Kier alpha value is -1.87. The number of benzene rings is 2. The lowest BCUT2D eigenvalue weighted by Crippen LogP contribution is -1.98. The van der Waals surface area contributed by atoms with Crippen LogP contribution in [0.25, 0.3) is 16.7 Å². The molecule has 0 N–H and O–H groups in total. The van der Waals surface area contributed by atoms with Gasteiger partial charge in [-0.25, -0.2) is 4.68 Å². The van der Waals surface area contributed by atoms with E-state index in [9.17, 15) is 0 Å². The smallest absolute Gasteiger partial charge is 0.113 e. The van der Waals surface area contributed by atoms with Gasteiger partial charge in [0.2, 0.25) is 0 Å². The molecule has 0 radical (unpaired) electrons. The Balaban J connectivity index is 2.26. The van der Waals surface area contributed by atoms with Crippen LogP contribution in [0.1, 0.15) is 11.1 Å². The molecule has 0 aliphatic heterocycles.